The zero-order valence-electron chi connectivity index (χ0n) is 8.32. The number of nitrogens with one attached hydrogen (secondary N) is 2. The molecule has 3 nitrogen and oxygen atoms in total. The average Bonchev–Trinajstić information content (AvgIpc) is 2.29. The lowest BCUT2D eigenvalue weighted by Gasteiger charge is -2.05. The van der Waals surface area contributed by atoms with E-state index in [1.165, 1.54) is 11.8 Å². The van der Waals surface area contributed by atoms with Crippen LogP contribution in [-0.4, -0.2) is 16.4 Å². The smallest absolute Gasteiger partial charge is 0.157 e. The summed E-state index contributed by atoms with van der Waals surface area (Å²) in [6.07, 6.45) is 3.65. The van der Waals surface area contributed by atoms with E-state index in [1.807, 2.05) is 36.6 Å². The molecule has 76 valence electrons. The average molecular weight is 217 g/mol. The van der Waals surface area contributed by atoms with E-state index in [2.05, 4.69) is 10.3 Å². The highest BCUT2D eigenvalue weighted by atomic mass is 32.2. The predicted molar refractivity (Wildman–Crippen MR) is 66.6 cm³/mol. The van der Waals surface area contributed by atoms with Gasteiger partial charge in [-0.25, -0.2) is 0 Å². The van der Waals surface area contributed by atoms with E-state index in [0.717, 1.165) is 16.6 Å². The Morgan fingerprint density at radius 1 is 1.40 bits per heavy atom. The summed E-state index contributed by atoms with van der Waals surface area (Å²) >= 11 is 1.38. The van der Waals surface area contributed by atoms with Crippen molar-refractivity contribution in [2.75, 3.05) is 11.6 Å². The van der Waals surface area contributed by atoms with E-state index in [4.69, 9.17) is 5.41 Å². The highest BCUT2D eigenvalue weighted by Gasteiger charge is 1.98. The van der Waals surface area contributed by atoms with Gasteiger partial charge < -0.3 is 5.32 Å². The highest BCUT2D eigenvalue weighted by molar-refractivity contribution is 8.13. The third-order valence-electron chi connectivity index (χ3n) is 2.06. The van der Waals surface area contributed by atoms with Crippen molar-refractivity contribution in [1.82, 2.24) is 4.98 Å². The molecule has 0 unspecified atom stereocenters. The highest BCUT2D eigenvalue weighted by Crippen LogP contribution is 2.17. The monoisotopic (exact) mass is 217 g/mol. The molecule has 0 aliphatic heterocycles. The van der Waals surface area contributed by atoms with Gasteiger partial charge in [0.05, 0.1) is 5.52 Å². The standard InChI is InChI=1S/C11H11N3S/c1-15-11(12)14-9-4-5-10-8(7-9)3-2-6-13-10/h2-7H,1H3,(H2,12,14). The maximum atomic E-state index is 7.52. The van der Waals surface area contributed by atoms with Crippen LogP contribution in [0.5, 0.6) is 0 Å². The van der Waals surface area contributed by atoms with Crippen LogP contribution >= 0.6 is 11.8 Å². The summed E-state index contributed by atoms with van der Waals surface area (Å²) in [5.41, 5.74) is 1.90. The molecule has 0 aliphatic rings. The molecular weight excluding hydrogens is 206 g/mol. The molecule has 0 amide bonds. The van der Waals surface area contributed by atoms with Crippen molar-refractivity contribution in [2.24, 2.45) is 0 Å². The number of nitrogens with zero attached hydrogens (tertiary/aromatic N) is 1. The first-order valence-corrected chi connectivity index (χ1v) is 5.76. The molecule has 2 N–H and O–H groups in total. The molecule has 0 saturated carbocycles. The van der Waals surface area contributed by atoms with Crippen LogP contribution in [0.15, 0.2) is 36.5 Å². The van der Waals surface area contributed by atoms with Crippen LogP contribution in [0.25, 0.3) is 10.9 Å². The Balaban J connectivity index is 2.34. The molecule has 0 spiro atoms. The van der Waals surface area contributed by atoms with Crippen LogP contribution in [0.4, 0.5) is 5.69 Å². The van der Waals surface area contributed by atoms with E-state index >= 15 is 0 Å². The molecule has 0 aliphatic carbocycles. The summed E-state index contributed by atoms with van der Waals surface area (Å²) in [4.78, 5) is 4.23. The molecule has 15 heavy (non-hydrogen) atoms. The normalized spacial score (nSPS) is 10.2. The number of amidine groups is 1. The van der Waals surface area contributed by atoms with Crippen molar-refractivity contribution in [3.05, 3.63) is 36.5 Å². The minimum atomic E-state index is 0.443. The van der Waals surface area contributed by atoms with Crippen molar-refractivity contribution in [2.45, 2.75) is 0 Å². The van der Waals surface area contributed by atoms with E-state index in [0.29, 0.717) is 5.17 Å². The Bertz CT molecular complexity index is 496. The van der Waals surface area contributed by atoms with E-state index < -0.39 is 0 Å². The molecule has 4 heteroatoms. The fourth-order valence-electron chi connectivity index (χ4n) is 1.34. The van der Waals surface area contributed by atoms with Gasteiger partial charge >= 0.3 is 0 Å². The van der Waals surface area contributed by atoms with Gasteiger partial charge in [0.25, 0.3) is 0 Å². The fraction of sp³-hybridized carbons (Fsp3) is 0.0909. The van der Waals surface area contributed by atoms with Crippen LogP contribution in [0.3, 0.4) is 0 Å². The minimum absolute atomic E-state index is 0.443. The summed E-state index contributed by atoms with van der Waals surface area (Å²) in [5, 5.41) is 12.0. The second kappa shape index (κ2) is 4.31. The molecule has 1 aromatic heterocycles. The first-order valence-electron chi connectivity index (χ1n) is 4.54. The number of pyridine rings is 1. The van der Waals surface area contributed by atoms with Gasteiger partial charge in [-0.3, -0.25) is 10.4 Å². The minimum Gasteiger partial charge on any atom is -0.335 e. The summed E-state index contributed by atoms with van der Waals surface area (Å²) in [7, 11) is 0. The Morgan fingerprint density at radius 2 is 2.27 bits per heavy atom. The third-order valence-corrected chi connectivity index (χ3v) is 2.58. The molecule has 0 fully saturated rings. The zero-order valence-corrected chi connectivity index (χ0v) is 9.14. The van der Waals surface area contributed by atoms with Gasteiger partial charge in [-0.05, 0) is 30.5 Å². The van der Waals surface area contributed by atoms with Gasteiger partial charge in [0, 0.05) is 17.3 Å². The van der Waals surface area contributed by atoms with Crippen LogP contribution in [0.2, 0.25) is 0 Å². The second-order valence-electron chi connectivity index (χ2n) is 3.07. The first kappa shape index (κ1) is 9.98. The lowest BCUT2D eigenvalue weighted by atomic mass is 10.2. The van der Waals surface area contributed by atoms with Crippen LogP contribution in [0, 0.1) is 5.41 Å². The summed E-state index contributed by atoms with van der Waals surface area (Å²) in [6.45, 7) is 0. The fourth-order valence-corrected chi connectivity index (χ4v) is 1.56. The summed E-state index contributed by atoms with van der Waals surface area (Å²) in [5.74, 6) is 0. The van der Waals surface area contributed by atoms with Gasteiger partial charge in [-0.15, -0.1) is 0 Å². The second-order valence-corrected chi connectivity index (χ2v) is 3.89. The number of hydrogen-bond acceptors (Lipinski definition) is 3. The number of anilines is 1. The number of thioether (sulfide) groups is 1. The maximum Gasteiger partial charge on any atom is 0.157 e. The van der Waals surface area contributed by atoms with E-state index in [9.17, 15) is 0 Å². The van der Waals surface area contributed by atoms with E-state index in [-0.39, 0.29) is 0 Å². The molecule has 2 aromatic rings. The van der Waals surface area contributed by atoms with Crippen LogP contribution < -0.4 is 5.32 Å². The van der Waals surface area contributed by atoms with Crippen LogP contribution in [-0.2, 0) is 0 Å². The number of aromatic nitrogens is 1. The molecule has 2 rings (SSSR count). The summed E-state index contributed by atoms with van der Waals surface area (Å²) in [6, 6.07) is 9.79. The van der Waals surface area contributed by atoms with Gasteiger partial charge in [0.1, 0.15) is 0 Å². The van der Waals surface area contributed by atoms with Crippen molar-refractivity contribution in [3.8, 4) is 0 Å². The zero-order chi connectivity index (χ0) is 10.7. The lowest BCUT2D eigenvalue weighted by Crippen LogP contribution is -2.04. The Morgan fingerprint density at radius 3 is 3.07 bits per heavy atom. The summed E-state index contributed by atoms with van der Waals surface area (Å²) < 4.78 is 0. The SMILES string of the molecule is CSC(=N)Nc1ccc2ncccc2c1. The molecule has 0 atom stereocenters. The van der Waals surface area contributed by atoms with Gasteiger partial charge in [0.2, 0.25) is 0 Å². The molecule has 0 bridgehead atoms. The molecule has 0 radical (unpaired) electrons. The van der Waals surface area contributed by atoms with Gasteiger partial charge in [-0.1, -0.05) is 17.8 Å². The largest absolute Gasteiger partial charge is 0.335 e. The molecule has 1 aromatic carbocycles. The first-order chi connectivity index (χ1) is 7.29. The molecule has 1 heterocycles. The third kappa shape index (κ3) is 2.27. The Hall–Kier alpha value is -1.55. The molecule has 0 saturated heterocycles. The van der Waals surface area contributed by atoms with Gasteiger partial charge in [0.15, 0.2) is 5.17 Å². The topological polar surface area (TPSA) is 48.8 Å². The maximum absolute atomic E-state index is 7.52. The number of hydrogen-bond donors (Lipinski definition) is 2. The quantitative estimate of drug-likeness (QED) is 0.570. The lowest BCUT2D eigenvalue weighted by molar-refractivity contribution is 1.41. The number of fused-ring (bicyclic) bond motifs is 1. The van der Waals surface area contributed by atoms with Gasteiger partial charge in [-0.2, -0.15) is 0 Å². The number of rotatable bonds is 1. The Labute approximate surface area is 92.4 Å². The van der Waals surface area contributed by atoms with Crippen LogP contribution in [0.1, 0.15) is 0 Å². The van der Waals surface area contributed by atoms with E-state index in [1.54, 1.807) is 6.20 Å². The van der Waals surface area contributed by atoms with Crippen molar-refractivity contribution >= 4 is 33.5 Å². The van der Waals surface area contributed by atoms with Crippen molar-refractivity contribution < 1.29 is 0 Å². The van der Waals surface area contributed by atoms with Crippen molar-refractivity contribution in [3.63, 3.8) is 0 Å². The molecular formula is C11H11N3S. The van der Waals surface area contributed by atoms with Crippen molar-refractivity contribution in [1.29, 1.82) is 5.41 Å². The Kier molecular flexibility index (Phi) is 2.87. The number of benzene rings is 1. The predicted octanol–water partition coefficient (Wildman–Crippen LogP) is 2.94.